The first kappa shape index (κ1) is 11.5. The standard InChI is InChI=1S/C14H11ClN2/c1-17-6-5-11(10-17)7-13(9-16)12-3-2-4-14(15)8-12/h2-8,10H,1H3/b13-7+. The minimum Gasteiger partial charge on any atom is -0.357 e. The van der Waals surface area contributed by atoms with E-state index in [-0.39, 0.29) is 0 Å². The molecule has 2 aromatic rings. The summed E-state index contributed by atoms with van der Waals surface area (Å²) in [4.78, 5) is 0. The van der Waals surface area contributed by atoms with Crippen LogP contribution in [0.2, 0.25) is 5.02 Å². The summed E-state index contributed by atoms with van der Waals surface area (Å²) in [7, 11) is 1.95. The van der Waals surface area contributed by atoms with E-state index in [0.717, 1.165) is 11.1 Å². The predicted octanol–water partition coefficient (Wildman–Crippen LogP) is 3.74. The zero-order valence-corrected chi connectivity index (χ0v) is 10.1. The van der Waals surface area contributed by atoms with Crippen molar-refractivity contribution in [2.24, 2.45) is 7.05 Å². The summed E-state index contributed by atoms with van der Waals surface area (Å²) in [5.74, 6) is 0. The molecule has 0 aliphatic carbocycles. The molecule has 0 N–H and O–H groups in total. The lowest BCUT2D eigenvalue weighted by molar-refractivity contribution is 0.927. The summed E-state index contributed by atoms with van der Waals surface area (Å²) in [6, 6.07) is 11.5. The fraction of sp³-hybridized carbons (Fsp3) is 0.0714. The van der Waals surface area contributed by atoms with Gasteiger partial charge in [0.1, 0.15) is 0 Å². The lowest BCUT2D eigenvalue weighted by Gasteiger charge is -1.99. The lowest BCUT2D eigenvalue weighted by Crippen LogP contribution is -1.81. The van der Waals surface area contributed by atoms with E-state index in [1.54, 1.807) is 12.1 Å². The topological polar surface area (TPSA) is 28.7 Å². The highest BCUT2D eigenvalue weighted by Gasteiger charge is 2.02. The van der Waals surface area contributed by atoms with Gasteiger partial charge in [0.15, 0.2) is 0 Å². The second-order valence-electron chi connectivity index (χ2n) is 3.79. The maximum absolute atomic E-state index is 9.17. The van der Waals surface area contributed by atoms with Crippen molar-refractivity contribution >= 4 is 23.3 Å². The van der Waals surface area contributed by atoms with Crippen molar-refractivity contribution in [2.75, 3.05) is 0 Å². The molecule has 84 valence electrons. The maximum Gasteiger partial charge on any atom is 0.0998 e. The molecule has 0 aliphatic rings. The molecule has 0 radical (unpaired) electrons. The molecule has 2 rings (SSSR count). The SMILES string of the molecule is Cn1ccc(/C=C(\C#N)c2cccc(Cl)c2)c1. The quantitative estimate of drug-likeness (QED) is 0.738. The van der Waals surface area contributed by atoms with Gasteiger partial charge in [0.2, 0.25) is 0 Å². The third-order valence-corrected chi connectivity index (χ3v) is 2.66. The summed E-state index contributed by atoms with van der Waals surface area (Å²) in [6.07, 6.45) is 5.76. The average molecular weight is 243 g/mol. The van der Waals surface area contributed by atoms with Gasteiger partial charge in [0.05, 0.1) is 11.6 Å². The Balaban J connectivity index is 2.41. The lowest BCUT2D eigenvalue weighted by atomic mass is 10.1. The van der Waals surface area contributed by atoms with E-state index in [4.69, 9.17) is 11.6 Å². The Morgan fingerprint density at radius 1 is 1.41 bits per heavy atom. The van der Waals surface area contributed by atoms with Crippen LogP contribution < -0.4 is 0 Å². The molecule has 17 heavy (non-hydrogen) atoms. The predicted molar refractivity (Wildman–Crippen MR) is 70.3 cm³/mol. The maximum atomic E-state index is 9.17. The average Bonchev–Trinajstić information content (AvgIpc) is 2.72. The third-order valence-electron chi connectivity index (χ3n) is 2.42. The molecule has 0 bridgehead atoms. The number of aromatic nitrogens is 1. The first-order valence-electron chi connectivity index (χ1n) is 5.19. The molecule has 1 heterocycles. The molecule has 1 aromatic heterocycles. The highest BCUT2D eigenvalue weighted by molar-refractivity contribution is 6.30. The highest BCUT2D eigenvalue weighted by atomic mass is 35.5. The highest BCUT2D eigenvalue weighted by Crippen LogP contribution is 2.20. The van der Waals surface area contributed by atoms with Crippen molar-refractivity contribution in [1.82, 2.24) is 4.57 Å². The van der Waals surface area contributed by atoms with Gasteiger partial charge in [-0.05, 0) is 35.4 Å². The van der Waals surface area contributed by atoms with E-state index in [1.807, 2.05) is 48.3 Å². The van der Waals surface area contributed by atoms with Crippen molar-refractivity contribution in [1.29, 1.82) is 5.26 Å². The van der Waals surface area contributed by atoms with Crippen LogP contribution in [0.15, 0.2) is 42.7 Å². The minimum absolute atomic E-state index is 0.610. The zero-order chi connectivity index (χ0) is 12.3. The molecule has 3 heteroatoms. The van der Waals surface area contributed by atoms with Gasteiger partial charge in [0, 0.05) is 24.5 Å². The Labute approximate surface area is 105 Å². The fourth-order valence-electron chi connectivity index (χ4n) is 1.61. The van der Waals surface area contributed by atoms with Crippen LogP contribution in [0.5, 0.6) is 0 Å². The van der Waals surface area contributed by atoms with Crippen LogP contribution in [0.3, 0.4) is 0 Å². The zero-order valence-electron chi connectivity index (χ0n) is 9.39. The van der Waals surface area contributed by atoms with Gasteiger partial charge < -0.3 is 4.57 Å². The molecular formula is C14H11ClN2. The summed E-state index contributed by atoms with van der Waals surface area (Å²) in [5.41, 5.74) is 2.45. The van der Waals surface area contributed by atoms with Gasteiger partial charge in [-0.2, -0.15) is 5.26 Å². The van der Waals surface area contributed by atoms with Crippen molar-refractivity contribution in [3.05, 3.63) is 58.9 Å². The molecule has 0 saturated carbocycles. The first-order chi connectivity index (χ1) is 8.19. The summed E-state index contributed by atoms with van der Waals surface area (Å²) >= 11 is 5.91. The van der Waals surface area contributed by atoms with Gasteiger partial charge in [-0.1, -0.05) is 23.7 Å². The number of nitriles is 1. The molecule has 0 fully saturated rings. The Kier molecular flexibility index (Phi) is 3.32. The largest absolute Gasteiger partial charge is 0.357 e. The van der Waals surface area contributed by atoms with Crippen molar-refractivity contribution in [3.63, 3.8) is 0 Å². The number of aryl methyl sites for hydroxylation is 1. The fourth-order valence-corrected chi connectivity index (χ4v) is 1.80. The smallest absolute Gasteiger partial charge is 0.0998 e. The number of rotatable bonds is 2. The van der Waals surface area contributed by atoms with E-state index >= 15 is 0 Å². The Bertz CT molecular complexity index is 603. The van der Waals surface area contributed by atoms with Crippen LogP contribution in [0.1, 0.15) is 11.1 Å². The second kappa shape index (κ2) is 4.90. The third kappa shape index (κ3) is 2.77. The number of nitrogens with zero attached hydrogens (tertiary/aromatic N) is 2. The molecule has 1 aromatic carbocycles. The molecule has 0 saturated heterocycles. The number of hydrogen-bond acceptors (Lipinski definition) is 1. The van der Waals surface area contributed by atoms with Crippen LogP contribution in [0, 0.1) is 11.3 Å². The van der Waals surface area contributed by atoms with Gasteiger partial charge >= 0.3 is 0 Å². The molecule has 2 nitrogen and oxygen atoms in total. The summed E-state index contributed by atoms with van der Waals surface area (Å²) in [5, 5.41) is 9.81. The second-order valence-corrected chi connectivity index (χ2v) is 4.23. The van der Waals surface area contributed by atoms with Crippen LogP contribution in [0.25, 0.3) is 11.6 Å². The number of halogens is 1. The Morgan fingerprint density at radius 2 is 2.24 bits per heavy atom. The van der Waals surface area contributed by atoms with Gasteiger partial charge in [-0.25, -0.2) is 0 Å². The summed E-state index contributed by atoms with van der Waals surface area (Å²) in [6.45, 7) is 0. The van der Waals surface area contributed by atoms with Crippen LogP contribution in [0.4, 0.5) is 0 Å². The van der Waals surface area contributed by atoms with Gasteiger partial charge in [-0.3, -0.25) is 0 Å². The Hall–Kier alpha value is -1.98. The van der Waals surface area contributed by atoms with E-state index < -0.39 is 0 Å². The normalized spacial score (nSPS) is 11.2. The summed E-state index contributed by atoms with van der Waals surface area (Å²) < 4.78 is 1.94. The molecule has 0 atom stereocenters. The Morgan fingerprint density at radius 3 is 2.82 bits per heavy atom. The molecule has 0 unspecified atom stereocenters. The monoisotopic (exact) mass is 242 g/mol. The van der Waals surface area contributed by atoms with Gasteiger partial charge in [0.25, 0.3) is 0 Å². The van der Waals surface area contributed by atoms with Crippen LogP contribution in [-0.2, 0) is 7.05 Å². The number of benzene rings is 1. The van der Waals surface area contributed by atoms with E-state index in [1.165, 1.54) is 0 Å². The van der Waals surface area contributed by atoms with E-state index in [0.29, 0.717) is 10.6 Å². The van der Waals surface area contributed by atoms with Crippen LogP contribution in [-0.4, -0.2) is 4.57 Å². The van der Waals surface area contributed by atoms with Crippen molar-refractivity contribution < 1.29 is 0 Å². The van der Waals surface area contributed by atoms with E-state index in [9.17, 15) is 5.26 Å². The first-order valence-corrected chi connectivity index (χ1v) is 5.56. The van der Waals surface area contributed by atoms with Crippen molar-refractivity contribution in [3.8, 4) is 6.07 Å². The van der Waals surface area contributed by atoms with Crippen LogP contribution >= 0.6 is 11.6 Å². The molecule has 0 amide bonds. The minimum atomic E-state index is 0.610. The number of hydrogen-bond donors (Lipinski definition) is 0. The van der Waals surface area contributed by atoms with Gasteiger partial charge in [-0.15, -0.1) is 0 Å². The van der Waals surface area contributed by atoms with E-state index in [2.05, 4.69) is 6.07 Å². The number of allylic oxidation sites excluding steroid dienone is 1. The van der Waals surface area contributed by atoms with Crippen molar-refractivity contribution in [2.45, 2.75) is 0 Å². The molecular weight excluding hydrogens is 232 g/mol. The molecule has 0 aliphatic heterocycles. The molecule has 0 spiro atoms.